The Morgan fingerprint density at radius 1 is 1.00 bits per heavy atom. The first-order valence-corrected chi connectivity index (χ1v) is 15.4. The van der Waals surface area contributed by atoms with Gasteiger partial charge < -0.3 is 14.5 Å². The second-order valence-electron chi connectivity index (χ2n) is 9.97. The lowest BCUT2D eigenvalue weighted by Crippen LogP contribution is -2.55. The average Bonchev–Trinajstić information content (AvgIpc) is 3.43. The fourth-order valence-corrected chi connectivity index (χ4v) is 6.33. The normalized spacial score (nSPS) is 15.1. The number of halogens is 2. The van der Waals surface area contributed by atoms with Gasteiger partial charge in [-0.25, -0.2) is 0 Å². The van der Waals surface area contributed by atoms with Crippen LogP contribution in [-0.4, -0.2) is 74.9 Å². The highest BCUT2D eigenvalue weighted by Gasteiger charge is 2.31. The van der Waals surface area contributed by atoms with Crippen LogP contribution in [0.2, 0.25) is 10.0 Å². The summed E-state index contributed by atoms with van der Waals surface area (Å²) in [5.41, 5.74) is 2.31. The Kier molecular flexibility index (Phi) is 9.72. The number of carbonyl (C=O) groups excluding carboxylic acids is 2. The Bertz CT molecular complexity index is 1550. The predicted molar refractivity (Wildman–Crippen MR) is 167 cm³/mol. The first-order valence-electron chi connectivity index (χ1n) is 13.7. The Morgan fingerprint density at radius 3 is 2.45 bits per heavy atom. The minimum atomic E-state index is -0.150. The molecule has 0 bridgehead atoms. The van der Waals surface area contributed by atoms with Gasteiger partial charge in [-0.2, -0.15) is 0 Å². The highest BCUT2D eigenvalue weighted by atomic mass is 35.5. The minimum Gasteiger partial charge on any atom is -0.497 e. The van der Waals surface area contributed by atoms with Gasteiger partial charge in [-0.3, -0.25) is 14.2 Å². The number of rotatable bonds is 9. The van der Waals surface area contributed by atoms with Crippen molar-refractivity contribution in [3.63, 3.8) is 0 Å². The van der Waals surface area contributed by atoms with Crippen molar-refractivity contribution >= 4 is 46.8 Å². The molecule has 11 heteroatoms. The van der Waals surface area contributed by atoms with E-state index in [9.17, 15) is 9.59 Å². The third kappa shape index (κ3) is 6.75. The maximum Gasteiger partial charge on any atom is 0.255 e. The number of benzene rings is 3. The summed E-state index contributed by atoms with van der Waals surface area (Å²) in [6.45, 7) is 3.37. The van der Waals surface area contributed by atoms with Gasteiger partial charge in [-0.1, -0.05) is 65.3 Å². The van der Waals surface area contributed by atoms with Crippen molar-refractivity contribution in [3.8, 4) is 22.8 Å². The third-order valence-corrected chi connectivity index (χ3v) is 8.73. The molecule has 1 unspecified atom stereocenters. The van der Waals surface area contributed by atoms with Crippen molar-refractivity contribution in [3.05, 3.63) is 88.4 Å². The monoisotopic (exact) mass is 623 g/mol. The summed E-state index contributed by atoms with van der Waals surface area (Å²) in [6.07, 6.45) is 1.10. The van der Waals surface area contributed by atoms with Crippen LogP contribution in [0.25, 0.3) is 17.1 Å². The molecule has 5 rings (SSSR count). The predicted octanol–water partition coefficient (Wildman–Crippen LogP) is 6.50. The van der Waals surface area contributed by atoms with E-state index >= 15 is 0 Å². The van der Waals surface area contributed by atoms with Crippen molar-refractivity contribution in [1.29, 1.82) is 0 Å². The Morgan fingerprint density at radius 2 is 1.76 bits per heavy atom. The highest BCUT2D eigenvalue weighted by Crippen LogP contribution is 2.30. The minimum absolute atomic E-state index is 0.0840. The molecule has 1 aliphatic heterocycles. The van der Waals surface area contributed by atoms with Crippen LogP contribution in [0, 0.1) is 0 Å². The van der Waals surface area contributed by atoms with Gasteiger partial charge >= 0.3 is 0 Å². The number of carbonyl (C=O) groups is 2. The van der Waals surface area contributed by atoms with Gasteiger partial charge in [0.1, 0.15) is 5.75 Å². The number of hydrogen-bond donors (Lipinski definition) is 0. The molecule has 1 atom stereocenters. The zero-order valence-corrected chi connectivity index (χ0v) is 25.7. The molecule has 4 aromatic rings. The summed E-state index contributed by atoms with van der Waals surface area (Å²) in [7, 11) is 1.64. The summed E-state index contributed by atoms with van der Waals surface area (Å²) in [4.78, 5) is 29.8. The molecule has 0 aliphatic carbocycles. The van der Waals surface area contributed by atoms with Crippen LogP contribution in [0.15, 0.2) is 78.0 Å². The van der Waals surface area contributed by atoms with Gasteiger partial charge in [0.25, 0.3) is 5.91 Å². The quantitative estimate of drug-likeness (QED) is 0.156. The van der Waals surface area contributed by atoms with Crippen LogP contribution in [-0.2, 0) is 4.79 Å². The molecule has 2 amide bonds. The Labute approximate surface area is 259 Å². The average molecular weight is 625 g/mol. The molecule has 8 nitrogen and oxygen atoms in total. The molecule has 1 fully saturated rings. The van der Waals surface area contributed by atoms with E-state index < -0.39 is 0 Å². The van der Waals surface area contributed by atoms with Crippen LogP contribution in [0.3, 0.4) is 0 Å². The number of thioether (sulfide) groups is 1. The number of aromatic nitrogens is 3. The number of hydrogen-bond acceptors (Lipinski definition) is 6. The number of piperazine rings is 1. The summed E-state index contributed by atoms with van der Waals surface area (Å²) in [5, 5.41) is 10.5. The van der Waals surface area contributed by atoms with Crippen LogP contribution < -0.4 is 4.74 Å². The van der Waals surface area contributed by atoms with E-state index in [2.05, 4.69) is 10.2 Å². The van der Waals surface area contributed by atoms with Crippen molar-refractivity contribution in [2.24, 2.45) is 0 Å². The van der Waals surface area contributed by atoms with Gasteiger partial charge in [0.15, 0.2) is 11.0 Å². The summed E-state index contributed by atoms with van der Waals surface area (Å²) in [5.74, 6) is 2.16. The molecule has 2 heterocycles. The number of amides is 2. The zero-order valence-electron chi connectivity index (χ0n) is 23.4. The number of nitrogens with zero attached hydrogens (tertiary/aromatic N) is 5. The van der Waals surface area contributed by atoms with Crippen LogP contribution in [0.1, 0.15) is 30.1 Å². The maximum atomic E-state index is 13.1. The van der Waals surface area contributed by atoms with Gasteiger partial charge in [-0.15, -0.1) is 10.2 Å². The molecular formula is C31H31Cl2N5O3S. The van der Waals surface area contributed by atoms with Crippen LogP contribution in [0.4, 0.5) is 0 Å². The molecule has 3 aromatic carbocycles. The van der Waals surface area contributed by atoms with Crippen molar-refractivity contribution in [1.82, 2.24) is 24.6 Å². The van der Waals surface area contributed by atoms with E-state index in [1.807, 2.05) is 71.0 Å². The van der Waals surface area contributed by atoms with Gasteiger partial charge in [0.05, 0.1) is 17.7 Å². The molecule has 0 spiro atoms. The van der Waals surface area contributed by atoms with Crippen molar-refractivity contribution in [2.75, 3.05) is 32.5 Å². The van der Waals surface area contributed by atoms with Crippen LogP contribution >= 0.6 is 35.0 Å². The summed E-state index contributed by atoms with van der Waals surface area (Å²) in [6, 6.07) is 22.5. The molecular weight excluding hydrogens is 593 g/mol. The van der Waals surface area contributed by atoms with Crippen molar-refractivity contribution < 1.29 is 14.3 Å². The number of methoxy groups -OCH3 is 1. The zero-order chi connectivity index (χ0) is 29.6. The molecule has 0 saturated carbocycles. The summed E-state index contributed by atoms with van der Waals surface area (Å²) >= 11 is 13.8. The molecule has 42 heavy (non-hydrogen) atoms. The lowest BCUT2D eigenvalue weighted by molar-refractivity contribution is -0.133. The van der Waals surface area contributed by atoms with E-state index in [-0.39, 0.29) is 17.9 Å². The second-order valence-corrected chi connectivity index (χ2v) is 11.9. The maximum absolute atomic E-state index is 13.1. The van der Waals surface area contributed by atoms with E-state index in [0.717, 1.165) is 28.0 Å². The molecule has 1 aliphatic rings. The molecule has 1 saturated heterocycles. The van der Waals surface area contributed by atoms with E-state index in [1.54, 1.807) is 42.0 Å². The Hall–Kier alpha value is -3.53. The Balaban J connectivity index is 1.18. The largest absolute Gasteiger partial charge is 0.497 e. The third-order valence-electron chi connectivity index (χ3n) is 7.16. The molecule has 0 radical (unpaired) electrons. The number of ether oxygens (including phenoxy) is 1. The lowest BCUT2D eigenvalue weighted by atomic mass is 10.1. The fraction of sp³-hybridized carbons (Fsp3) is 0.290. The SMILES string of the molecule is COc1ccc(-n2c(SCCCC(=O)N3CCN(C(=O)c4ccc(Cl)cc4Cl)C(C)C3)nnc2-c2ccccc2)cc1. The van der Waals surface area contributed by atoms with Crippen molar-refractivity contribution in [2.45, 2.75) is 31.0 Å². The van der Waals surface area contributed by atoms with Gasteiger partial charge in [0.2, 0.25) is 5.91 Å². The lowest BCUT2D eigenvalue weighted by Gasteiger charge is -2.40. The molecule has 1 aromatic heterocycles. The standard InChI is InChI=1S/C31H31Cl2N5O3S/c1-21-20-36(16-17-37(21)30(40)26-15-10-23(32)19-27(26)33)28(39)9-6-18-42-31-35-34-29(22-7-4-3-5-8-22)38(31)24-11-13-25(41-2)14-12-24/h3-5,7-8,10-15,19,21H,6,9,16-18,20H2,1-2H3. The fourth-order valence-electron chi connectivity index (χ4n) is 4.95. The molecule has 218 valence electrons. The first-order chi connectivity index (χ1) is 20.4. The first kappa shape index (κ1) is 29.9. The second kappa shape index (κ2) is 13.6. The molecule has 0 N–H and O–H groups in total. The van der Waals surface area contributed by atoms with Gasteiger partial charge in [0, 0.05) is 54.1 Å². The van der Waals surface area contributed by atoms with Crippen LogP contribution in [0.5, 0.6) is 5.75 Å². The van der Waals surface area contributed by atoms with E-state index in [4.69, 9.17) is 27.9 Å². The van der Waals surface area contributed by atoms with Gasteiger partial charge in [-0.05, 0) is 55.8 Å². The topological polar surface area (TPSA) is 80.6 Å². The highest BCUT2D eigenvalue weighted by molar-refractivity contribution is 7.99. The smallest absolute Gasteiger partial charge is 0.255 e. The summed E-state index contributed by atoms with van der Waals surface area (Å²) < 4.78 is 7.36. The van der Waals surface area contributed by atoms with E-state index in [0.29, 0.717) is 53.8 Å². The van der Waals surface area contributed by atoms with E-state index in [1.165, 1.54) is 0 Å².